The molecule has 4 rings (SSSR count). The molecule has 0 radical (unpaired) electrons. The number of ketones is 1. The molecular formula is C25H30N2O2. The van der Waals surface area contributed by atoms with E-state index in [9.17, 15) is 4.79 Å². The lowest BCUT2D eigenvalue weighted by molar-refractivity contribution is -0.124. The summed E-state index contributed by atoms with van der Waals surface area (Å²) in [6.45, 7) is 7.18. The number of anilines is 1. The molecule has 0 aromatic heterocycles. The normalized spacial score (nSPS) is 22.6. The molecule has 0 saturated heterocycles. The van der Waals surface area contributed by atoms with Gasteiger partial charge in [-0.25, -0.2) is 0 Å². The summed E-state index contributed by atoms with van der Waals surface area (Å²) >= 11 is 0. The number of nitrogens with zero attached hydrogens (tertiary/aromatic N) is 1. The number of rotatable bonds is 5. The number of carbonyl (C=O) groups excluding carboxylic acids is 1. The standard InChI is InChI=1S/C25H30N2O2/c1-4-5-13-29-18-10-8-9-17(14-18)24-23-21(15-25(2,3)16-22(23)28)26-19-11-6-7-12-20(19)27-24/h6-12,14,23-24,27H,4-5,13,15-16H2,1-3H3/t23-,24-/m1/s1. The Labute approximate surface area is 173 Å². The lowest BCUT2D eigenvalue weighted by atomic mass is 9.68. The summed E-state index contributed by atoms with van der Waals surface area (Å²) in [4.78, 5) is 18.2. The summed E-state index contributed by atoms with van der Waals surface area (Å²) < 4.78 is 5.93. The first-order chi connectivity index (χ1) is 14.0. The van der Waals surface area contributed by atoms with Crippen molar-refractivity contribution in [3.05, 3.63) is 54.1 Å². The minimum absolute atomic E-state index is 0.0542. The Balaban J connectivity index is 1.74. The van der Waals surface area contributed by atoms with Crippen LogP contribution in [0.4, 0.5) is 11.4 Å². The number of hydrogen-bond donors (Lipinski definition) is 1. The fourth-order valence-corrected chi connectivity index (χ4v) is 4.42. The number of benzene rings is 2. The second-order valence-corrected chi connectivity index (χ2v) is 8.98. The van der Waals surface area contributed by atoms with E-state index in [1.54, 1.807) is 0 Å². The summed E-state index contributed by atoms with van der Waals surface area (Å²) in [6.07, 6.45) is 3.56. The molecule has 0 bridgehead atoms. The van der Waals surface area contributed by atoms with Crippen LogP contribution in [0.15, 0.2) is 53.5 Å². The van der Waals surface area contributed by atoms with Crippen LogP contribution < -0.4 is 10.1 Å². The molecule has 0 spiro atoms. The van der Waals surface area contributed by atoms with Crippen molar-refractivity contribution in [2.45, 2.75) is 52.5 Å². The van der Waals surface area contributed by atoms with E-state index in [4.69, 9.17) is 9.73 Å². The highest BCUT2D eigenvalue weighted by Gasteiger charge is 2.43. The van der Waals surface area contributed by atoms with Gasteiger partial charge in [0.05, 0.1) is 29.9 Å². The Bertz CT molecular complexity index is 932. The van der Waals surface area contributed by atoms with E-state index >= 15 is 0 Å². The molecule has 0 unspecified atom stereocenters. The summed E-state index contributed by atoms with van der Waals surface area (Å²) in [5.41, 5.74) is 3.90. The molecule has 29 heavy (non-hydrogen) atoms. The van der Waals surface area contributed by atoms with Crippen LogP contribution in [-0.4, -0.2) is 18.1 Å². The molecule has 4 nitrogen and oxygen atoms in total. The number of fused-ring (bicyclic) bond motifs is 2. The van der Waals surface area contributed by atoms with Gasteiger partial charge in [0.15, 0.2) is 0 Å². The number of nitrogens with one attached hydrogen (secondary N) is 1. The van der Waals surface area contributed by atoms with E-state index in [1.807, 2.05) is 36.4 Å². The van der Waals surface area contributed by atoms with Gasteiger partial charge in [-0.15, -0.1) is 0 Å². The maximum Gasteiger partial charge on any atom is 0.144 e. The summed E-state index contributed by atoms with van der Waals surface area (Å²) in [7, 11) is 0. The van der Waals surface area contributed by atoms with Gasteiger partial charge in [-0.1, -0.05) is 51.5 Å². The number of aliphatic imine (C=N–C) groups is 1. The molecule has 1 saturated carbocycles. The van der Waals surface area contributed by atoms with Crippen molar-refractivity contribution >= 4 is 22.9 Å². The molecule has 4 heteroatoms. The topological polar surface area (TPSA) is 50.7 Å². The van der Waals surface area contributed by atoms with E-state index in [2.05, 4.69) is 38.2 Å². The third-order valence-electron chi connectivity index (χ3n) is 5.81. The van der Waals surface area contributed by atoms with Crippen molar-refractivity contribution < 1.29 is 9.53 Å². The molecule has 2 atom stereocenters. The van der Waals surface area contributed by atoms with Crippen LogP contribution >= 0.6 is 0 Å². The van der Waals surface area contributed by atoms with Gasteiger partial charge in [0.2, 0.25) is 0 Å². The first kappa shape index (κ1) is 19.7. The Morgan fingerprint density at radius 3 is 2.79 bits per heavy atom. The van der Waals surface area contributed by atoms with Gasteiger partial charge in [-0.3, -0.25) is 9.79 Å². The summed E-state index contributed by atoms with van der Waals surface area (Å²) in [6, 6.07) is 16.1. The van der Waals surface area contributed by atoms with E-state index in [-0.39, 0.29) is 23.2 Å². The van der Waals surface area contributed by atoms with Gasteiger partial charge < -0.3 is 10.1 Å². The first-order valence-electron chi connectivity index (χ1n) is 10.7. The zero-order valence-electron chi connectivity index (χ0n) is 17.6. The number of unbranched alkanes of at least 4 members (excludes halogenated alkanes) is 1. The SMILES string of the molecule is CCCCOc1cccc([C@H]2Nc3ccccc3N=C3CC(C)(C)CC(=O)[C@@H]32)c1. The maximum atomic E-state index is 13.3. The fourth-order valence-electron chi connectivity index (χ4n) is 4.42. The van der Waals surface area contributed by atoms with E-state index < -0.39 is 0 Å². The Morgan fingerprint density at radius 1 is 1.14 bits per heavy atom. The van der Waals surface area contributed by atoms with Crippen molar-refractivity contribution in [3.63, 3.8) is 0 Å². The molecule has 1 heterocycles. The average Bonchev–Trinajstić information content (AvgIpc) is 2.84. The summed E-state index contributed by atoms with van der Waals surface area (Å²) in [5, 5.41) is 3.64. The first-order valence-corrected chi connectivity index (χ1v) is 10.7. The van der Waals surface area contributed by atoms with Crippen molar-refractivity contribution in [2.24, 2.45) is 16.3 Å². The van der Waals surface area contributed by atoms with E-state index in [1.165, 1.54) is 0 Å². The van der Waals surface area contributed by atoms with Crippen LogP contribution in [0.1, 0.15) is 58.1 Å². The third-order valence-corrected chi connectivity index (χ3v) is 5.81. The van der Waals surface area contributed by atoms with Gasteiger partial charge in [-0.05, 0) is 48.1 Å². The van der Waals surface area contributed by atoms with E-state index in [0.29, 0.717) is 13.0 Å². The predicted molar refractivity (Wildman–Crippen MR) is 118 cm³/mol. The second kappa shape index (κ2) is 8.02. The minimum Gasteiger partial charge on any atom is -0.494 e. The number of carbonyl (C=O) groups is 1. The van der Waals surface area contributed by atoms with Crippen molar-refractivity contribution in [2.75, 3.05) is 11.9 Å². The fraction of sp³-hybridized carbons (Fsp3) is 0.440. The lowest BCUT2D eigenvalue weighted by Crippen LogP contribution is -2.42. The van der Waals surface area contributed by atoms with Crippen molar-refractivity contribution in [1.82, 2.24) is 0 Å². The number of hydrogen-bond acceptors (Lipinski definition) is 4. The second-order valence-electron chi connectivity index (χ2n) is 8.98. The van der Waals surface area contributed by atoms with Crippen LogP contribution in [0.5, 0.6) is 5.75 Å². The molecule has 1 aliphatic heterocycles. The van der Waals surface area contributed by atoms with Gasteiger partial charge >= 0.3 is 0 Å². The third kappa shape index (κ3) is 4.21. The molecule has 2 aromatic carbocycles. The number of Topliss-reactive ketones (excluding diaryl/α,β-unsaturated/α-hetero) is 1. The largest absolute Gasteiger partial charge is 0.494 e. The Hall–Kier alpha value is -2.62. The smallest absolute Gasteiger partial charge is 0.144 e. The quantitative estimate of drug-likeness (QED) is 0.627. The van der Waals surface area contributed by atoms with Gasteiger partial charge in [0.25, 0.3) is 0 Å². The number of para-hydroxylation sites is 2. The molecule has 1 fully saturated rings. The van der Waals surface area contributed by atoms with Crippen LogP contribution in [0.25, 0.3) is 0 Å². The minimum atomic E-state index is -0.249. The predicted octanol–water partition coefficient (Wildman–Crippen LogP) is 6.11. The molecule has 1 aliphatic carbocycles. The van der Waals surface area contributed by atoms with Crippen LogP contribution in [0.3, 0.4) is 0 Å². The van der Waals surface area contributed by atoms with Gasteiger partial charge in [0, 0.05) is 12.1 Å². The van der Waals surface area contributed by atoms with E-state index in [0.717, 1.165) is 47.7 Å². The van der Waals surface area contributed by atoms with Gasteiger partial charge in [-0.2, -0.15) is 0 Å². The van der Waals surface area contributed by atoms with Crippen LogP contribution in [0, 0.1) is 11.3 Å². The molecule has 2 aromatic rings. The van der Waals surface area contributed by atoms with Crippen LogP contribution in [-0.2, 0) is 4.79 Å². The van der Waals surface area contributed by atoms with Gasteiger partial charge in [0.1, 0.15) is 11.5 Å². The average molecular weight is 391 g/mol. The maximum absolute atomic E-state index is 13.3. The molecule has 1 N–H and O–H groups in total. The molecule has 0 amide bonds. The lowest BCUT2D eigenvalue weighted by Gasteiger charge is -2.37. The Kier molecular flexibility index (Phi) is 5.44. The van der Waals surface area contributed by atoms with Crippen molar-refractivity contribution in [1.29, 1.82) is 0 Å². The zero-order valence-corrected chi connectivity index (χ0v) is 17.6. The van der Waals surface area contributed by atoms with Crippen LogP contribution in [0.2, 0.25) is 0 Å². The number of ether oxygens (including phenoxy) is 1. The molecule has 2 aliphatic rings. The highest BCUT2D eigenvalue weighted by atomic mass is 16.5. The summed E-state index contributed by atoms with van der Waals surface area (Å²) in [5.74, 6) is 0.876. The highest BCUT2D eigenvalue weighted by Crippen LogP contribution is 2.45. The molecule has 152 valence electrons. The highest BCUT2D eigenvalue weighted by molar-refractivity contribution is 6.10. The monoisotopic (exact) mass is 390 g/mol. The van der Waals surface area contributed by atoms with Crippen molar-refractivity contribution in [3.8, 4) is 5.75 Å². The molecular weight excluding hydrogens is 360 g/mol. The zero-order chi connectivity index (χ0) is 20.4. The Morgan fingerprint density at radius 2 is 1.97 bits per heavy atom.